The van der Waals surface area contributed by atoms with E-state index in [2.05, 4.69) is 0 Å². The van der Waals surface area contributed by atoms with Gasteiger partial charge in [-0.15, -0.1) is 0 Å². The molecule has 0 aromatic carbocycles. The van der Waals surface area contributed by atoms with E-state index < -0.39 is 0 Å². The lowest BCUT2D eigenvalue weighted by molar-refractivity contribution is -0.116. The molecule has 16 heavy (non-hydrogen) atoms. The van der Waals surface area contributed by atoms with Gasteiger partial charge in [-0.3, -0.25) is 4.79 Å². The van der Waals surface area contributed by atoms with Gasteiger partial charge in [0.2, 0.25) is 0 Å². The smallest absolute Gasteiger partial charge is 0.177 e. The minimum absolute atomic E-state index is 0.148. The Kier molecular flexibility index (Phi) is 2.13. The van der Waals surface area contributed by atoms with Crippen LogP contribution in [0.2, 0.25) is 0 Å². The van der Waals surface area contributed by atoms with Gasteiger partial charge in [0.05, 0.1) is 17.8 Å². The summed E-state index contributed by atoms with van der Waals surface area (Å²) in [6.07, 6.45) is 15.3. The zero-order valence-corrected chi connectivity index (χ0v) is 8.85. The van der Waals surface area contributed by atoms with E-state index in [1.807, 2.05) is 36.5 Å². The molecule has 1 aliphatic heterocycles. The third-order valence-corrected chi connectivity index (χ3v) is 3.04. The first-order valence-electron chi connectivity index (χ1n) is 5.53. The Labute approximate surface area is 94.3 Å². The number of ether oxygens (including phenoxy) is 1. The van der Waals surface area contributed by atoms with Crippen LogP contribution in [0.5, 0.6) is 0 Å². The van der Waals surface area contributed by atoms with Gasteiger partial charge in [0.15, 0.2) is 5.78 Å². The molecule has 1 atom stereocenters. The average Bonchev–Trinajstić information content (AvgIpc) is 2.49. The van der Waals surface area contributed by atoms with Crippen LogP contribution in [0.3, 0.4) is 0 Å². The first-order chi connectivity index (χ1) is 7.86. The van der Waals surface area contributed by atoms with Gasteiger partial charge in [-0.2, -0.15) is 0 Å². The van der Waals surface area contributed by atoms with Crippen molar-refractivity contribution in [3.63, 3.8) is 0 Å². The second kappa shape index (κ2) is 3.63. The number of ketones is 1. The van der Waals surface area contributed by atoms with Crippen LogP contribution in [0.4, 0.5) is 0 Å². The predicted octanol–water partition coefficient (Wildman–Crippen LogP) is 2.82. The van der Waals surface area contributed by atoms with E-state index in [0.717, 1.165) is 29.7 Å². The summed E-state index contributed by atoms with van der Waals surface area (Å²) in [5, 5.41) is 0. The monoisotopic (exact) mass is 212 g/mol. The number of rotatable bonds is 0. The molecule has 0 spiro atoms. The van der Waals surface area contributed by atoms with Crippen molar-refractivity contribution < 1.29 is 9.53 Å². The molecule has 80 valence electrons. The molecule has 2 heteroatoms. The molecule has 0 saturated heterocycles. The SMILES string of the molecule is O=C1C2=CCCC=C2OC=C2C=CC=CC12. The van der Waals surface area contributed by atoms with Crippen molar-refractivity contribution in [1.29, 1.82) is 0 Å². The molecule has 2 aliphatic carbocycles. The third-order valence-electron chi connectivity index (χ3n) is 3.04. The van der Waals surface area contributed by atoms with Crippen molar-refractivity contribution in [2.45, 2.75) is 12.8 Å². The minimum atomic E-state index is -0.166. The van der Waals surface area contributed by atoms with Crippen LogP contribution in [0.25, 0.3) is 0 Å². The zero-order valence-electron chi connectivity index (χ0n) is 8.85. The molecule has 3 rings (SSSR count). The molecule has 0 N–H and O–H groups in total. The largest absolute Gasteiger partial charge is 0.464 e. The maximum Gasteiger partial charge on any atom is 0.177 e. The molecule has 0 radical (unpaired) electrons. The van der Waals surface area contributed by atoms with Gasteiger partial charge < -0.3 is 4.74 Å². The lowest BCUT2D eigenvalue weighted by Gasteiger charge is -2.15. The van der Waals surface area contributed by atoms with Gasteiger partial charge in [-0.1, -0.05) is 30.4 Å². The molecule has 0 aromatic rings. The number of carbonyl (C=O) groups excluding carboxylic acids is 1. The first kappa shape index (κ1) is 9.40. The van der Waals surface area contributed by atoms with E-state index in [0.29, 0.717) is 0 Å². The molecule has 3 aliphatic rings. The summed E-state index contributed by atoms with van der Waals surface area (Å²) in [7, 11) is 0. The lowest BCUT2D eigenvalue weighted by Crippen LogP contribution is -2.17. The Morgan fingerprint density at radius 1 is 1.19 bits per heavy atom. The van der Waals surface area contributed by atoms with Crippen molar-refractivity contribution in [3.05, 3.63) is 59.6 Å². The molecular weight excluding hydrogens is 200 g/mol. The number of fused-ring (bicyclic) bond motifs is 2. The van der Waals surface area contributed by atoms with Crippen LogP contribution in [-0.2, 0) is 9.53 Å². The normalized spacial score (nSPS) is 26.9. The van der Waals surface area contributed by atoms with E-state index in [1.54, 1.807) is 6.26 Å². The number of hydrogen-bond acceptors (Lipinski definition) is 2. The van der Waals surface area contributed by atoms with E-state index in [4.69, 9.17) is 4.74 Å². The van der Waals surface area contributed by atoms with Crippen molar-refractivity contribution in [2.24, 2.45) is 5.92 Å². The Morgan fingerprint density at radius 2 is 2.06 bits per heavy atom. The molecule has 0 saturated carbocycles. The molecule has 1 heterocycles. The van der Waals surface area contributed by atoms with E-state index in [9.17, 15) is 4.79 Å². The summed E-state index contributed by atoms with van der Waals surface area (Å²) >= 11 is 0. The lowest BCUT2D eigenvalue weighted by atomic mass is 9.86. The quantitative estimate of drug-likeness (QED) is 0.617. The molecule has 0 bridgehead atoms. The fraction of sp³-hybridized carbons (Fsp3) is 0.214. The Morgan fingerprint density at radius 3 is 3.00 bits per heavy atom. The molecular formula is C14H12O2. The Balaban J connectivity index is 2.07. The van der Waals surface area contributed by atoms with Crippen molar-refractivity contribution in [2.75, 3.05) is 0 Å². The molecule has 0 amide bonds. The highest BCUT2D eigenvalue weighted by Gasteiger charge is 2.29. The average molecular weight is 212 g/mol. The van der Waals surface area contributed by atoms with Gasteiger partial charge >= 0.3 is 0 Å². The molecule has 1 unspecified atom stereocenters. The van der Waals surface area contributed by atoms with Gasteiger partial charge in [-0.25, -0.2) is 0 Å². The summed E-state index contributed by atoms with van der Waals surface area (Å²) < 4.78 is 5.57. The van der Waals surface area contributed by atoms with Crippen LogP contribution >= 0.6 is 0 Å². The van der Waals surface area contributed by atoms with E-state index in [1.165, 1.54) is 0 Å². The van der Waals surface area contributed by atoms with Gasteiger partial charge in [0, 0.05) is 5.57 Å². The first-order valence-corrected chi connectivity index (χ1v) is 5.53. The second-order valence-electron chi connectivity index (χ2n) is 4.09. The zero-order chi connectivity index (χ0) is 11.0. The van der Waals surface area contributed by atoms with E-state index in [-0.39, 0.29) is 11.7 Å². The van der Waals surface area contributed by atoms with Gasteiger partial charge in [0.25, 0.3) is 0 Å². The predicted molar refractivity (Wildman–Crippen MR) is 61.3 cm³/mol. The summed E-state index contributed by atoms with van der Waals surface area (Å²) in [6.45, 7) is 0. The fourth-order valence-electron chi connectivity index (χ4n) is 2.19. The number of carbonyl (C=O) groups is 1. The van der Waals surface area contributed by atoms with E-state index >= 15 is 0 Å². The van der Waals surface area contributed by atoms with Crippen molar-refractivity contribution >= 4 is 5.78 Å². The maximum absolute atomic E-state index is 12.3. The number of Topliss-reactive ketones (excluding diaryl/α,β-unsaturated/α-hetero) is 1. The summed E-state index contributed by atoms with van der Waals surface area (Å²) in [6, 6.07) is 0. The molecule has 0 aromatic heterocycles. The highest BCUT2D eigenvalue weighted by Crippen LogP contribution is 2.32. The van der Waals surface area contributed by atoms with Crippen LogP contribution in [-0.4, -0.2) is 5.78 Å². The van der Waals surface area contributed by atoms with Crippen molar-refractivity contribution in [1.82, 2.24) is 0 Å². The van der Waals surface area contributed by atoms with Crippen LogP contribution in [0, 0.1) is 5.92 Å². The van der Waals surface area contributed by atoms with Crippen LogP contribution in [0.1, 0.15) is 12.8 Å². The summed E-state index contributed by atoms with van der Waals surface area (Å²) in [4.78, 5) is 12.3. The fourth-order valence-corrected chi connectivity index (χ4v) is 2.19. The highest BCUT2D eigenvalue weighted by atomic mass is 16.5. The van der Waals surface area contributed by atoms with Crippen molar-refractivity contribution in [3.8, 4) is 0 Å². The third kappa shape index (κ3) is 1.38. The highest BCUT2D eigenvalue weighted by molar-refractivity contribution is 6.04. The second-order valence-corrected chi connectivity index (χ2v) is 4.09. The van der Waals surface area contributed by atoms with Crippen LogP contribution in [0.15, 0.2) is 59.6 Å². The van der Waals surface area contributed by atoms with Gasteiger partial charge in [-0.05, 0) is 18.9 Å². The number of allylic oxidation sites excluding steroid dienone is 8. The Hall–Kier alpha value is -1.83. The molecule has 0 fully saturated rings. The van der Waals surface area contributed by atoms with Gasteiger partial charge in [0.1, 0.15) is 5.76 Å². The Bertz CT molecular complexity index is 487. The summed E-state index contributed by atoms with van der Waals surface area (Å²) in [5.41, 5.74) is 1.67. The van der Waals surface area contributed by atoms with Crippen LogP contribution < -0.4 is 0 Å². The standard InChI is InChI=1S/C14H12O2/c15-14-11-6-2-1-5-10(11)9-16-13-8-4-3-7-12(13)14/h1-2,5-9,11H,3-4H2. The summed E-state index contributed by atoms with van der Waals surface area (Å²) in [5.74, 6) is 0.704. The topological polar surface area (TPSA) is 26.3 Å². The molecule has 2 nitrogen and oxygen atoms in total. The number of hydrogen-bond donors (Lipinski definition) is 0. The maximum atomic E-state index is 12.3. The minimum Gasteiger partial charge on any atom is -0.464 e.